The van der Waals surface area contributed by atoms with Crippen LogP contribution in [0.1, 0.15) is 34.6 Å². The summed E-state index contributed by atoms with van der Waals surface area (Å²) in [5.74, 6) is 0.156. The van der Waals surface area contributed by atoms with Crippen molar-refractivity contribution in [1.82, 2.24) is 4.90 Å². The summed E-state index contributed by atoms with van der Waals surface area (Å²) in [4.78, 5) is 14.0. The number of likely N-dealkylation sites (N-methyl/N-ethyl adjacent to an activating group) is 1. The molecular formula is C11H23NO2. The van der Waals surface area contributed by atoms with Crippen LogP contribution in [0.25, 0.3) is 0 Å². The van der Waals surface area contributed by atoms with Gasteiger partial charge in [0.05, 0.1) is 5.54 Å². The van der Waals surface area contributed by atoms with Crippen LogP contribution in [0.2, 0.25) is 0 Å². The summed E-state index contributed by atoms with van der Waals surface area (Å²) in [6, 6.07) is 0. The van der Waals surface area contributed by atoms with Crippen molar-refractivity contribution < 1.29 is 9.53 Å². The van der Waals surface area contributed by atoms with Gasteiger partial charge in [0, 0.05) is 6.61 Å². The molecule has 0 aliphatic rings. The highest BCUT2D eigenvalue weighted by Crippen LogP contribution is 2.15. The average Bonchev–Trinajstić information content (AvgIpc) is 2.15. The molecule has 0 heterocycles. The van der Waals surface area contributed by atoms with E-state index < -0.39 is 5.54 Å². The number of ketones is 1. The van der Waals surface area contributed by atoms with Gasteiger partial charge >= 0.3 is 0 Å². The van der Waals surface area contributed by atoms with E-state index in [0.717, 1.165) is 13.1 Å². The number of hydrogen-bond donors (Lipinski definition) is 0. The minimum absolute atomic E-state index is 0.156. The monoisotopic (exact) mass is 201 g/mol. The third-order valence-electron chi connectivity index (χ3n) is 2.67. The second kappa shape index (κ2) is 6.14. The van der Waals surface area contributed by atoms with E-state index in [9.17, 15) is 4.79 Å². The maximum atomic E-state index is 11.8. The Morgan fingerprint density at radius 3 is 2.07 bits per heavy atom. The molecule has 0 N–H and O–H groups in total. The molecule has 3 nitrogen and oxygen atoms in total. The molecule has 14 heavy (non-hydrogen) atoms. The van der Waals surface area contributed by atoms with Crippen LogP contribution >= 0.6 is 0 Å². The van der Waals surface area contributed by atoms with Gasteiger partial charge < -0.3 is 4.74 Å². The average molecular weight is 201 g/mol. The first-order valence-corrected chi connectivity index (χ1v) is 5.36. The number of rotatable bonds is 7. The standard InChI is InChI=1S/C11H23NO2/c1-6-12(7-2)11(4,5)10(13)9-14-8-3/h6-9H2,1-5H3. The van der Waals surface area contributed by atoms with E-state index in [2.05, 4.69) is 18.7 Å². The Labute approximate surface area is 87.4 Å². The van der Waals surface area contributed by atoms with Crippen molar-refractivity contribution in [3.8, 4) is 0 Å². The smallest absolute Gasteiger partial charge is 0.178 e. The van der Waals surface area contributed by atoms with Gasteiger partial charge in [0.15, 0.2) is 5.78 Å². The summed E-state index contributed by atoms with van der Waals surface area (Å²) >= 11 is 0. The maximum Gasteiger partial charge on any atom is 0.178 e. The van der Waals surface area contributed by atoms with Crippen molar-refractivity contribution >= 4 is 5.78 Å². The second-order valence-electron chi connectivity index (χ2n) is 3.79. The highest BCUT2D eigenvalue weighted by atomic mass is 16.5. The van der Waals surface area contributed by atoms with E-state index in [1.807, 2.05) is 20.8 Å². The zero-order valence-electron chi connectivity index (χ0n) is 10.1. The Balaban J connectivity index is 4.34. The van der Waals surface area contributed by atoms with E-state index >= 15 is 0 Å². The number of hydrogen-bond acceptors (Lipinski definition) is 3. The molecule has 0 aromatic heterocycles. The molecule has 0 atom stereocenters. The highest BCUT2D eigenvalue weighted by molar-refractivity contribution is 5.88. The number of carbonyl (C=O) groups is 1. The lowest BCUT2D eigenvalue weighted by Gasteiger charge is -2.35. The van der Waals surface area contributed by atoms with Gasteiger partial charge in [-0.05, 0) is 33.9 Å². The first-order chi connectivity index (χ1) is 6.50. The van der Waals surface area contributed by atoms with E-state index in [1.54, 1.807) is 0 Å². The Bertz CT molecular complexity index is 174. The molecule has 0 bridgehead atoms. The first kappa shape index (κ1) is 13.6. The molecular weight excluding hydrogens is 178 g/mol. The Morgan fingerprint density at radius 2 is 1.71 bits per heavy atom. The molecule has 0 aromatic rings. The van der Waals surface area contributed by atoms with Gasteiger partial charge in [-0.1, -0.05) is 13.8 Å². The lowest BCUT2D eigenvalue weighted by atomic mass is 9.97. The van der Waals surface area contributed by atoms with Crippen LogP contribution in [-0.4, -0.2) is 42.5 Å². The Kier molecular flexibility index (Phi) is 5.96. The van der Waals surface area contributed by atoms with Gasteiger partial charge in [0.1, 0.15) is 6.61 Å². The van der Waals surface area contributed by atoms with Crippen molar-refractivity contribution in [2.75, 3.05) is 26.3 Å². The van der Waals surface area contributed by atoms with E-state index in [0.29, 0.717) is 6.61 Å². The van der Waals surface area contributed by atoms with Crippen LogP contribution in [0.15, 0.2) is 0 Å². The van der Waals surface area contributed by atoms with Crippen LogP contribution in [-0.2, 0) is 9.53 Å². The molecule has 0 spiro atoms. The van der Waals surface area contributed by atoms with Crippen LogP contribution in [0.4, 0.5) is 0 Å². The molecule has 0 unspecified atom stereocenters. The molecule has 0 radical (unpaired) electrons. The minimum atomic E-state index is -0.404. The predicted octanol–water partition coefficient (Wildman–Crippen LogP) is 1.71. The van der Waals surface area contributed by atoms with Crippen LogP contribution < -0.4 is 0 Å². The number of ether oxygens (including phenoxy) is 1. The maximum absolute atomic E-state index is 11.8. The van der Waals surface area contributed by atoms with Crippen LogP contribution in [0, 0.1) is 0 Å². The first-order valence-electron chi connectivity index (χ1n) is 5.36. The van der Waals surface area contributed by atoms with Crippen molar-refractivity contribution in [2.45, 2.75) is 40.2 Å². The molecule has 0 aliphatic carbocycles. The quantitative estimate of drug-likeness (QED) is 0.628. The summed E-state index contributed by atoms with van der Waals surface area (Å²) in [6.07, 6.45) is 0. The Morgan fingerprint density at radius 1 is 1.21 bits per heavy atom. The molecule has 0 amide bonds. The number of carbonyl (C=O) groups excluding carboxylic acids is 1. The largest absolute Gasteiger partial charge is 0.374 e. The predicted molar refractivity (Wildman–Crippen MR) is 58.5 cm³/mol. The van der Waals surface area contributed by atoms with Gasteiger partial charge in [-0.2, -0.15) is 0 Å². The fourth-order valence-corrected chi connectivity index (χ4v) is 1.56. The third kappa shape index (κ3) is 3.39. The molecule has 0 saturated heterocycles. The fraction of sp³-hybridized carbons (Fsp3) is 0.909. The molecule has 0 saturated carbocycles. The molecule has 0 rings (SSSR count). The number of nitrogens with zero attached hydrogens (tertiary/aromatic N) is 1. The SMILES string of the molecule is CCOCC(=O)C(C)(C)N(CC)CC. The summed E-state index contributed by atoms with van der Waals surface area (Å²) in [6.45, 7) is 12.6. The van der Waals surface area contributed by atoms with Gasteiger partial charge in [-0.25, -0.2) is 0 Å². The van der Waals surface area contributed by atoms with E-state index in [4.69, 9.17) is 4.74 Å². The lowest BCUT2D eigenvalue weighted by Crippen LogP contribution is -2.51. The minimum Gasteiger partial charge on any atom is -0.374 e. The van der Waals surface area contributed by atoms with Crippen molar-refractivity contribution in [3.63, 3.8) is 0 Å². The Hall–Kier alpha value is -0.410. The summed E-state index contributed by atoms with van der Waals surface area (Å²) < 4.78 is 5.14. The fourth-order valence-electron chi connectivity index (χ4n) is 1.56. The molecule has 0 aromatic carbocycles. The van der Waals surface area contributed by atoms with E-state index in [1.165, 1.54) is 0 Å². The van der Waals surface area contributed by atoms with Crippen molar-refractivity contribution in [2.24, 2.45) is 0 Å². The molecule has 84 valence electrons. The summed E-state index contributed by atoms with van der Waals surface area (Å²) in [5, 5.41) is 0. The second-order valence-corrected chi connectivity index (χ2v) is 3.79. The van der Waals surface area contributed by atoms with Crippen LogP contribution in [0.3, 0.4) is 0 Å². The summed E-state index contributed by atoms with van der Waals surface area (Å²) in [7, 11) is 0. The van der Waals surface area contributed by atoms with Gasteiger partial charge in [-0.3, -0.25) is 9.69 Å². The number of Topliss-reactive ketones (excluding diaryl/α,β-unsaturated/α-hetero) is 1. The van der Waals surface area contributed by atoms with Gasteiger partial charge in [0.25, 0.3) is 0 Å². The lowest BCUT2D eigenvalue weighted by molar-refractivity contribution is -0.133. The molecule has 0 aliphatic heterocycles. The zero-order valence-corrected chi connectivity index (χ0v) is 10.1. The topological polar surface area (TPSA) is 29.5 Å². The normalized spacial score (nSPS) is 12.1. The van der Waals surface area contributed by atoms with Gasteiger partial charge in [-0.15, -0.1) is 0 Å². The molecule has 0 fully saturated rings. The van der Waals surface area contributed by atoms with Crippen molar-refractivity contribution in [3.05, 3.63) is 0 Å². The van der Waals surface area contributed by atoms with E-state index in [-0.39, 0.29) is 12.4 Å². The van der Waals surface area contributed by atoms with Gasteiger partial charge in [0.2, 0.25) is 0 Å². The molecule has 3 heteroatoms. The zero-order chi connectivity index (χ0) is 11.2. The highest BCUT2D eigenvalue weighted by Gasteiger charge is 2.32. The van der Waals surface area contributed by atoms with Crippen molar-refractivity contribution in [1.29, 1.82) is 0 Å². The summed E-state index contributed by atoms with van der Waals surface area (Å²) in [5.41, 5.74) is -0.404. The third-order valence-corrected chi connectivity index (χ3v) is 2.67. The van der Waals surface area contributed by atoms with Crippen LogP contribution in [0.5, 0.6) is 0 Å².